The second-order valence-corrected chi connectivity index (χ2v) is 6.66. The number of pyridine rings is 1. The molecule has 4 rings (SSSR count). The number of amides is 1. The van der Waals surface area contributed by atoms with Gasteiger partial charge in [-0.15, -0.1) is 0 Å². The first kappa shape index (κ1) is 18.1. The molecule has 0 atom stereocenters. The van der Waals surface area contributed by atoms with Gasteiger partial charge in [0.2, 0.25) is 0 Å². The molecule has 1 amide bonds. The Labute approximate surface area is 167 Å². The van der Waals surface area contributed by atoms with Gasteiger partial charge in [-0.1, -0.05) is 23.7 Å². The molecule has 0 saturated carbocycles. The van der Waals surface area contributed by atoms with Crippen LogP contribution >= 0.6 is 11.6 Å². The number of nitrogens with one attached hydrogen (secondary N) is 2. The third-order valence-corrected chi connectivity index (χ3v) is 4.46. The number of fused-ring (bicyclic) bond motifs is 1. The van der Waals surface area contributed by atoms with Crippen LogP contribution in [0.1, 0.15) is 16.1 Å². The Morgan fingerprint density at radius 3 is 2.46 bits per heavy atom. The average molecular weight is 396 g/mol. The standard InChI is InChI=1S/C21H18ClN3O3/c22-15-3-1-14(2-4-15)12-23-17-5-7-18(24-13-17)21(26)25-16-6-8-19-20(11-16)28-10-9-27-19/h1-8,11,13,23H,9-10,12H2,(H,25,26). The van der Waals surface area contributed by atoms with Crippen molar-refractivity contribution in [1.82, 2.24) is 4.98 Å². The summed E-state index contributed by atoms with van der Waals surface area (Å²) < 4.78 is 11.0. The van der Waals surface area contributed by atoms with E-state index < -0.39 is 0 Å². The molecule has 0 saturated heterocycles. The van der Waals surface area contributed by atoms with Gasteiger partial charge in [-0.2, -0.15) is 0 Å². The van der Waals surface area contributed by atoms with E-state index in [1.165, 1.54) is 0 Å². The summed E-state index contributed by atoms with van der Waals surface area (Å²) in [5, 5.41) is 6.79. The normalized spacial score (nSPS) is 12.3. The molecule has 6 nitrogen and oxygen atoms in total. The zero-order valence-electron chi connectivity index (χ0n) is 14.9. The van der Waals surface area contributed by atoms with Crippen molar-refractivity contribution in [2.75, 3.05) is 23.8 Å². The fourth-order valence-electron chi connectivity index (χ4n) is 2.76. The molecule has 0 spiro atoms. The number of benzene rings is 2. The Kier molecular flexibility index (Phi) is 5.30. The molecule has 0 unspecified atom stereocenters. The first-order chi connectivity index (χ1) is 13.7. The van der Waals surface area contributed by atoms with Crippen molar-refractivity contribution in [3.05, 3.63) is 77.1 Å². The molecule has 0 bridgehead atoms. The maximum atomic E-state index is 12.4. The summed E-state index contributed by atoms with van der Waals surface area (Å²) in [5.74, 6) is 1.01. The lowest BCUT2D eigenvalue weighted by Gasteiger charge is -2.19. The Hall–Kier alpha value is -3.25. The van der Waals surface area contributed by atoms with Crippen LogP contribution < -0.4 is 20.1 Å². The summed E-state index contributed by atoms with van der Waals surface area (Å²) in [7, 11) is 0. The van der Waals surface area contributed by atoms with Gasteiger partial charge >= 0.3 is 0 Å². The van der Waals surface area contributed by atoms with Crippen LogP contribution in [0, 0.1) is 0 Å². The predicted octanol–water partition coefficient (Wildman–Crippen LogP) is 4.37. The molecule has 2 aromatic carbocycles. The molecule has 0 radical (unpaired) electrons. The minimum Gasteiger partial charge on any atom is -0.486 e. The molecule has 2 N–H and O–H groups in total. The highest BCUT2D eigenvalue weighted by Crippen LogP contribution is 2.32. The lowest BCUT2D eigenvalue weighted by atomic mass is 10.2. The van der Waals surface area contributed by atoms with Gasteiger partial charge < -0.3 is 20.1 Å². The van der Waals surface area contributed by atoms with E-state index in [-0.39, 0.29) is 5.91 Å². The van der Waals surface area contributed by atoms with E-state index in [4.69, 9.17) is 21.1 Å². The molecule has 142 valence electrons. The summed E-state index contributed by atoms with van der Waals surface area (Å²) in [4.78, 5) is 16.7. The SMILES string of the molecule is O=C(Nc1ccc2c(c1)OCCO2)c1ccc(NCc2ccc(Cl)cc2)cn1. The summed E-state index contributed by atoms with van der Waals surface area (Å²) in [6.07, 6.45) is 1.63. The third-order valence-electron chi connectivity index (χ3n) is 4.21. The highest BCUT2D eigenvalue weighted by atomic mass is 35.5. The van der Waals surface area contributed by atoms with Crippen molar-refractivity contribution in [3.63, 3.8) is 0 Å². The van der Waals surface area contributed by atoms with Crippen LogP contribution in [0.25, 0.3) is 0 Å². The van der Waals surface area contributed by atoms with Crippen LogP contribution in [0.5, 0.6) is 11.5 Å². The fraction of sp³-hybridized carbons (Fsp3) is 0.143. The average Bonchev–Trinajstić information content (AvgIpc) is 2.73. The van der Waals surface area contributed by atoms with E-state index in [0.29, 0.717) is 47.7 Å². The number of hydrogen-bond acceptors (Lipinski definition) is 5. The summed E-state index contributed by atoms with van der Waals surface area (Å²) in [5.41, 5.74) is 2.88. The molecule has 0 aliphatic carbocycles. The van der Waals surface area contributed by atoms with Crippen LogP contribution in [-0.2, 0) is 6.54 Å². The maximum absolute atomic E-state index is 12.4. The smallest absolute Gasteiger partial charge is 0.274 e. The number of carbonyl (C=O) groups excluding carboxylic acids is 1. The largest absolute Gasteiger partial charge is 0.486 e. The highest BCUT2D eigenvalue weighted by molar-refractivity contribution is 6.30. The molecule has 3 aromatic rings. The summed E-state index contributed by atoms with van der Waals surface area (Å²) in [6.45, 7) is 1.67. The molecule has 7 heteroatoms. The number of hydrogen-bond donors (Lipinski definition) is 2. The minimum absolute atomic E-state index is 0.291. The lowest BCUT2D eigenvalue weighted by Crippen LogP contribution is -2.17. The van der Waals surface area contributed by atoms with E-state index in [1.807, 2.05) is 30.3 Å². The maximum Gasteiger partial charge on any atom is 0.274 e. The van der Waals surface area contributed by atoms with Crippen LogP contribution in [-0.4, -0.2) is 24.1 Å². The number of nitrogens with zero attached hydrogens (tertiary/aromatic N) is 1. The molecule has 1 aromatic heterocycles. The van der Waals surface area contributed by atoms with Gasteiger partial charge in [-0.25, -0.2) is 4.98 Å². The van der Waals surface area contributed by atoms with E-state index in [9.17, 15) is 4.79 Å². The molecular formula is C21H18ClN3O3. The van der Waals surface area contributed by atoms with E-state index in [1.54, 1.807) is 30.5 Å². The van der Waals surface area contributed by atoms with Gasteiger partial charge in [-0.05, 0) is 42.0 Å². The third kappa shape index (κ3) is 4.35. The Morgan fingerprint density at radius 1 is 0.964 bits per heavy atom. The Morgan fingerprint density at radius 2 is 1.71 bits per heavy atom. The Balaban J connectivity index is 1.36. The van der Waals surface area contributed by atoms with Crippen LogP contribution in [0.4, 0.5) is 11.4 Å². The lowest BCUT2D eigenvalue weighted by molar-refractivity contribution is 0.102. The van der Waals surface area contributed by atoms with Gasteiger partial charge in [0, 0.05) is 23.3 Å². The second-order valence-electron chi connectivity index (χ2n) is 6.22. The van der Waals surface area contributed by atoms with E-state index in [2.05, 4.69) is 15.6 Å². The first-order valence-corrected chi connectivity index (χ1v) is 9.20. The van der Waals surface area contributed by atoms with Gasteiger partial charge in [0.05, 0.1) is 11.9 Å². The Bertz CT molecular complexity index is 975. The number of carbonyl (C=O) groups is 1. The second kappa shape index (κ2) is 8.19. The first-order valence-electron chi connectivity index (χ1n) is 8.83. The van der Waals surface area contributed by atoms with Gasteiger partial charge in [0.15, 0.2) is 11.5 Å². The number of rotatable bonds is 5. The molecule has 28 heavy (non-hydrogen) atoms. The van der Waals surface area contributed by atoms with Crippen LogP contribution in [0.3, 0.4) is 0 Å². The predicted molar refractivity (Wildman–Crippen MR) is 108 cm³/mol. The van der Waals surface area contributed by atoms with Crippen molar-refractivity contribution >= 4 is 28.9 Å². The number of anilines is 2. The number of halogens is 1. The van der Waals surface area contributed by atoms with Crippen molar-refractivity contribution in [2.24, 2.45) is 0 Å². The van der Waals surface area contributed by atoms with E-state index >= 15 is 0 Å². The van der Waals surface area contributed by atoms with Crippen molar-refractivity contribution in [1.29, 1.82) is 0 Å². The van der Waals surface area contributed by atoms with Gasteiger partial charge in [-0.3, -0.25) is 4.79 Å². The molecule has 1 aliphatic rings. The molecular weight excluding hydrogens is 378 g/mol. The topological polar surface area (TPSA) is 72.5 Å². The van der Waals surface area contributed by atoms with E-state index in [0.717, 1.165) is 11.3 Å². The fourth-order valence-corrected chi connectivity index (χ4v) is 2.88. The zero-order valence-corrected chi connectivity index (χ0v) is 15.7. The van der Waals surface area contributed by atoms with Crippen LogP contribution in [0.2, 0.25) is 5.02 Å². The molecule has 1 aliphatic heterocycles. The molecule has 2 heterocycles. The van der Waals surface area contributed by atoms with Crippen LogP contribution in [0.15, 0.2) is 60.8 Å². The summed E-state index contributed by atoms with van der Waals surface area (Å²) in [6, 6.07) is 16.4. The summed E-state index contributed by atoms with van der Waals surface area (Å²) >= 11 is 5.89. The van der Waals surface area contributed by atoms with Gasteiger partial charge in [0.25, 0.3) is 5.91 Å². The minimum atomic E-state index is -0.291. The highest BCUT2D eigenvalue weighted by Gasteiger charge is 2.14. The van der Waals surface area contributed by atoms with Crippen molar-refractivity contribution < 1.29 is 14.3 Å². The van der Waals surface area contributed by atoms with Gasteiger partial charge in [0.1, 0.15) is 18.9 Å². The van der Waals surface area contributed by atoms with Crippen molar-refractivity contribution in [2.45, 2.75) is 6.54 Å². The zero-order chi connectivity index (χ0) is 19.3. The quantitative estimate of drug-likeness (QED) is 0.671. The molecule has 0 fully saturated rings. The number of aromatic nitrogens is 1. The van der Waals surface area contributed by atoms with Crippen molar-refractivity contribution in [3.8, 4) is 11.5 Å². The number of ether oxygens (including phenoxy) is 2. The monoisotopic (exact) mass is 395 g/mol.